The summed E-state index contributed by atoms with van der Waals surface area (Å²) in [7, 11) is 2.96. The molecule has 0 aromatic heterocycles. The second-order valence-electron chi connectivity index (χ2n) is 5.33. The molecule has 24 heavy (non-hydrogen) atoms. The smallest absolute Gasteiger partial charge is 0.288 e. The largest absolute Gasteiger partial charge is 0.497 e. The normalized spacial score (nSPS) is 10.2. The molecule has 2 rings (SSSR count). The van der Waals surface area contributed by atoms with Crippen molar-refractivity contribution in [3.05, 3.63) is 53.1 Å². The van der Waals surface area contributed by atoms with Gasteiger partial charge in [-0.25, -0.2) is 0 Å². The molecule has 128 valence electrons. The zero-order chi connectivity index (χ0) is 17.7. The van der Waals surface area contributed by atoms with Crippen LogP contribution in [0.15, 0.2) is 36.4 Å². The van der Waals surface area contributed by atoms with E-state index in [1.54, 1.807) is 19.2 Å². The van der Waals surface area contributed by atoms with Gasteiger partial charge in [-0.05, 0) is 49.8 Å². The van der Waals surface area contributed by atoms with E-state index in [1.807, 2.05) is 32.0 Å². The van der Waals surface area contributed by atoms with Gasteiger partial charge in [0.15, 0.2) is 0 Å². The van der Waals surface area contributed by atoms with Crippen molar-refractivity contribution in [1.82, 2.24) is 0 Å². The van der Waals surface area contributed by atoms with Gasteiger partial charge in [0.25, 0.3) is 5.17 Å². The predicted molar refractivity (Wildman–Crippen MR) is 97.1 cm³/mol. The molecule has 0 aliphatic rings. The maximum Gasteiger partial charge on any atom is 0.288 e. The summed E-state index contributed by atoms with van der Waals surface area (Å²) in [6.45, 7) is 4.30. The van der Waals surface area contributed by atoms with Crippen molar-refractivity contribution in [2.45, 2.75) is 20.5 Å². The average molecular weight is 347 g/mol. The Morgan fingerprint density at radius 3 is 2.50 bits per heavy atom. The van der Waals surface area contributed by atoms with Crippen LogP contribution in [-0.2, 0) is 11.3 Å². The Hall–Kier alpha value is -2.31. The number of methoxy groups -OCH3 is 2. The molecule has 0 saturated carbocycles. The summed E-state index contributed by atoms with van der Waals surface area (Å²) in [6, 6.07) is 11.3. The Balaban J connectivity index is 2.27. The number of nitrogens with zero attached hydrogens (tertiary/aromatic N) is 1. The van der Waals surface area contributed by atoms with Crippen LogP contribution in [0, 0.1) is 13.8 Å². The number of thiocarbonyl (C=S) groups is 1. The number of benzene rings is 2. The summed E-state index contributed by atoms with van der Waals surface area (Å²) in [5.41, 5.74) is 3.43. The lowest BCUT2D eigenvalue weighted by atomic mass is 10.1. The first-order chi connectivity index (χ1) is 11.5. The number of aryl methyl sites for hydroxylation is 2. The molecule has 0 spiro atoms. The molecule has 0 amide bonds. The molecule has 0 bridgehead atoms. The van der Waals surface area contributed by atoms with Gasteiger partial charge < -0.3 is 14.2 Å². The lowest BCUT2D eigenvalue weighted by molar-refractivity contribution is 0.263. The molecule has 6 heteroatoms. The average Bonchev–Trinajstić information content (AvgIpc) is 2.59. The number of ether oxygens (including phenoxy) is 3. The van der Waals surface area contributed by atoms with Gasteiger partial charge in [0.2, 0.25) is 0 Å². The highest BCUT2D eigenvalue weighted by Crippen LogP contribution is 2.28. The molecule has 2 aromatic rings. The van der Waals surface area contributed by atoms with Crippen molar-refractivity contribution in [2.75, 3.05) is 19.3 Å². The number of hydrogen-bond donors (Lipinski definition) is 1. The molecule has 0 saturated heterocycles. The van der Waals surface area contributed by atoms with Gasteiger partial charge in [0.1, 0.15) is 18.1 Å². The zero-order valence-electron chi connectivity index (χ0n) is 14.2. The van der Waals surface area contributed by atoms with Gasteiger partial charge in [-0.3, -0.25) is 5.21 Å². The molecule has 0 fully saturated rings. The Bertz CT molecular complexity index is 733. The third kappa shape index (κ3) is 4.15. The minimum atomic E-state index is -0.0592. The van der Waals surface area contributed by atoms with E-state index >= 15 is 0 Å². The summed E-state index contributed by atoms with van der Waals surface area (Å²) in [6.07, 6.45) is 0. The van der Waals surface area contributed by atoms with Crippen LogP contribution in [0.5, 0.6) is 11.5 Å². The van der Waals surface area contributed by atoms with E-state index in [0.717, 1.165) is 21.9 Å². The third-order valence-corrected chi connectivity index (χ3v) is 3.92. The monoisotopic (exact) mass is 347 g/mol. The van der Waals surface area contributed by atoms with Crippen molar-refractivity contribution in [3.8, 4) is 11.5 Å². The second-order valence-corrected chi connectivity index (χ2v) is 5.68. The first-order valence-corrected chi connectivity index (χ1v) is 7.81. The number of hydroxylamine groups is 1. The first-order valence-electron chi connectivity index (χ1n) is 7.40. The summed E-state index contributed by atoms with van der Waals surface area (Å²) in [5.74, 6) is 1.39. The molecule has 5 nitrogen and oxygen atoms in total. The van der Waals surface area contributed by atoms with Gasteiger partial charge in [-0.15, -0.1) is 0 Å². The fourth-order valence-corrected chi connectivity index (χ4v) is 2.39. The summed E-state index contributed by atoms with van der Waals surface area (Å²) < 4.78 is 16.0. The maximum atomic E-state index is 10.2. The minimum absolute atomic E-state index is 0.0592. The van der Waals surface area contributed by atoms with E-state index in [4.69, 9.17) is 26.4 Å². The summed E-state index contributed by atoms with van der Waals surface area (Å²) >= 11 is 4.98. The van der Waals surface area contributed by atoms with Crippen LogP contribution in [0.25, 0.3) is 0 Å². The fraction of sp³-hybridized carbons (Fsp3) is 0.278. The van der Waals surface area contributed by atoms with Crippen LogP contribution in [0.4, 0.5) is 5.69 Å². The first kappa shape index (κ1) is 18.0. The number of rotatable bonds is 5. The van der Waals surface area contributed by atoms with Gasteiger partial charge >= 0.3 is 0 Å². The van der Waals surface area contributed by atoms with E-state index < -0.39 is 0 Å². The van der Waals surface area contributed by atoms with E-state index in [1.165, 1.54) is 12.7 Å². The SMILES string of the molecule is COC(=S)N(O)c1cc(OC)ccc1COc1ccc(C)cc1C. The van der Waals surface area contributed by atoms with Gasteiger partial charge in [-0.2, -0.15) is 5.06 Å². The van der Waals surface area contributed by atoms with Crippen molar-refractivity contribution in [1.29, 1.82) is 0 Å². The van der Waals surface area contributed by atoms with E-state index in [9.17, 15) is 5.21 Å². The van der Waals surface area contributed by atoms with Gasteiger partial charge in [0, 0.05) is 11.6 Å². The lowest BCUT2D eigenvalue weighted by Gasteiger charge is -2.20. The Morgan fingerprint density at radius 1 is 1.12 bits per heavy atom. The summed E-state index contributed by atoms with van der Waals surface area (Å²) in [4.78, 5) is 0. The van der Waals surface area contributed by atoms with Crippen LogP contribution in [-0.4, -0.2) is 24.6 Å². The van der Waals surface area contributed by atoms with Crippen LogP contribution in [0.1, 0.15) is 16.7 Å². The van der Waals surface area contributed by atoms with Gasteiger partial charge in [0.05, 0.1) is 19.9 Å². The van der Waals surface area contributed by atoms with E-state index in [2.05, 4.69) is 6.07 Å². The Morgan fingerprint density at radius 2 is 1.88 bits per heavy atom. The molecule has 0 radical (unpaired) electrons. The fourth-order valence-electron chi connectivity index (χ4n) is 2.29. The lowest BCUT2D eigenvalue weighted by Crippen LogP contribution is -2.27. The molecule has 2 aromatic carbocycles. The molecule has 1 N–H and O–H groups in total. The molecule has 0 aliphatic carbocycles. The molecule has 0 unspecified atom stereocenters. The quantitative estimate of drug-likeness (QED) is 0.651. The standard InChI is InChI=1S/C18H21NO4S/c1-12-5-8-17(13(2)9-12)23-11-14-6-7-15(21-3)10-16(14)19(20)18(24)22-4/h5-10,20H,11H2,1-4H3. The summed E-state index contributed by atoms with van der Waals surface area (Å²) in [5, 5.41) is 11.0. The van der Waals surface area contributed by atoms with E-state index in [-0.39, 0.29) is 11.8 Å². The van der Waals surface area contributed by atoms with Gasteiger partial charge in [-0.1, -0.05) is 17.7 Å². The van der Waals surface area contributed by atoms with Crippen molar-refractivity contribution < 1.29 is 19.4 Å². The molecular formula is C18H21NO4S. The molecular weight excluding hydrogens is 326 g/mol. The van der Waals surface area contributed by atoms with E-state index in [0.29, 0.717) is 11.4 Å². The van der Waals surface area contributed by atoms with Crippen molar-refractivity contribution in [3.63, 3.8) is 0 Å². The van der Waals surface area contributed by atoms with Crippen LogP contribution < -0.4 is 14.5 Å². The number of anilines is 1. The van der Waals surface area contributed by atoms with Crippen molar-refractivity contribution in [2.24, 2.45) is 0 Å². The third-order valence-electron chi connectivity index (χ3n) is 3.58. The van der Waals surface area contributed by atoms with Crippen LogP contribution in [0.2, 0.25) is 0 Å². The predicted octanol–water partition coefficient (Wildman–Crippen LogP) is 4.02. The molecule has 0 heterocycles. The highest BCUT2D eigenvalue weighted by Gasteiger charge is 2.16. The Labute approximate surface area is 147 Å². The Kier molecular flexibility index (Phi) is 6.00. The highest BCUT2D eigenvalue weighted by molar-refractivity contribution is 7.80. The van der Waals surface area contributed by atoms with Crippen LogP contribution in [0.3, 0.4) is 0 Å². The maximum absolute atomic E-state index is 10.2. The highest BCUT2D eigenvalue weighted by atomic mass is 32.1. The number of hydrogen-bond acceptors (Lipinski definition) is 5. The minimum Gasteiger partial charge on any atom is -0.497 e. The molecule has 0 atom stereocenters. The second kappa shape index (κ2) is 7.99. The zero-order valence-corrected chi connectivity index (χ0v) is 15.0. The van der Waals surface area contributed by atoms with Crippen LogP contribution >= 0.6 is 12.2 Å². The topological polar surface area (TPSA) is 51.2 Å². The molecule has 0 aliphatic heterocycles. The van der Waals surface area contributed by atoms with Crippen molar-refractivity contribution >= 4 is 23.1 Å².